The molecule has 1 aliphatic heterocycles. The van der Waals surface area contributed by atoms with Crippen LogP contribution in [0.2, 0.25) is 0 Å². The molecular formula is C12H25ClN2O2. The maximum absolute atomic E-state index is 12.1. The van der Waals surface area contributed by atoms with Crippen LogP contribution in [0.5, 0.6) is 0 Å². The van der Waals surface area contributed by atoms with E-state index < -0.39 is 0 Å². The summed E-state index contributed by atoms with van der Waals surface area (Å²) in [6, 6.07) is 0. The third kappa shape index (κ3) is 5.23. The maximum atomic E-state index is 12.1. The van der Waals surface area contributed by atoms with E-state index in [9.17, 15) is 4.79 Å². The maximum Gasteiger partial charge on any atom is 0.227 e. The molecule has 1 fully saturated rings. The van der Waals surface area contributed by atoms with Crippen LogP contribution in [-0.4, -0.2) is 44.2 Å². The lowest BCUT2D eigenvalue weighted by atomic mass is 9.92. The largest absolute Gasteiger partial charge is 0.381 e. The van der Waals surface area contributed by atoms with Crippen molar-refractivity contribution in [3.63, 3.8) is 0 Å². The van der Waals surface area contributed by atoms with Crippen molar-refractivity contribution in [2.45, 2.75) is 26.7 Å². The fourth-order valence-corrected chi connectivity index (χ4v) is 2.03. The van der Waals surface area contributed by atoms with Gasteiger partial charge in [-0.15, -0.1) is 12.4 Å². The number of ether oxygens (including phenoxy) is 1. The summed E-state index contributed by atoms with van der Waals surface area (Å²) in [5, 5.41) is 0. The topological polar surface area (TPSA) is 55.6 Å². The van der Waals surface area contributed by atoms with Crippen molar-refractivity contribution in [2.75, 3.05) is 33.4 Å². The summed E-state index contributed by atoms with van der Waals surface area (Å²) in [5.41, 5.74) is 5.66. The second-order valence-electron chi connectivity index (χ2n) is 5.48. The van der Waals surface area contributed by atoms with Gasteiger partial charge in [0, 0.05) is 20.2 Å². The number of hydrogen-bond acceptors (Lipinski definition) is 3. The van der Waals surface area contributed by atoms with E-state index in [0.29, 0.717) is 19.7 Å². The van der Waals surface area contributed by atoms with Crippen LogP contribution in [0.4, 0.5) is 0 Å². The van der Waals surface area contributed by atoms with Gasteiger partial charge in [0.1, 0.15) is 0 Å². The molecule has 4 nitrogen and oxygen atoms in total. The van der Waals surface area contributed by atoms with Crippen LogP contribution in [0.3, 0.4) is 0 Å². The van der Waals surface area contributed by atoms with Gasteiger partial charge in [-0.25, -0.2) is 0 Å². The molecule has 1 heterocycles. The Hall–Kier alpha value is -0.320. The molecule has 0 saturated carbocycles. The van der Waals surface area contributed by atoms with Gasteiger partial charge in [0.05, 0.1) is 12.5 Å². The zero-order chi connectivity index (χ0) is 12.2. The molecule has 1 aliphatic rings. The number of hydrogen-bond donors (Lipinski definition) is 1. The summed E-state index contributed by atoms with van der Waals surface area (Å²) in [5.74, 6) is 0.244. The van der Waals surface area contributed by atoms with E-state index in [2.05, 4.69) is 13.8 Å². The van der Waals surface area contributed by atoms with Gasteiger partial charge in [0.15, 0.2) is 0 Å². The molecule has 0 spiro atoms. The highest BCUT2D eigenvalue weighted by Crippen LogP contribution is 2.19. The van der Waals surface area contributed by atoms with Gasteiger partial charge < -0.3 is 15.4 Å². The van der Waals surface area contributed by atoms with Crippen molar-refractivity contribution < 1.29 is 9.53 Å². The van der Waals surface area contributed by atoms with Crippen LogP contribution < -0.4 is 5.73 Å². The summed E-state index contributed by atoms with van der Waals surface area (Å²) >= 11 is 0. The van der Waals surface area contributed by atoms with Gasteiger partial charge in [0.2, 0.25) is 5.91 Å². The smallest absolute Gasteiger partial charge is 0.227 e. The van der Waals surface area contributed by atoms with E-state index >= 15 is 0 Å². The number of nitrogens with zero attached hydrogens (tertiary/aromatic N) is 1. The number of rotatable bonds is 4. The highest BCUT2D eigenvalue weighted by atomic mass is 35.5. The summed E-state index contributed by atoms with van der Waals surface area (Å²) in [7, 11) is 1.86. The normalized spacial score (nSPS) is 20.6. The molecule has 0 aromatic rings. The van der Waals surface area contributed by atoms with E-state index in [1.807, 2.05) is 7.05 Å². The number of carbonyl (C=O) groups is 1. The van der Waals surface area contributed by atoms with Gasteiger partial charge in [-0.05, 0) is 24.8 Å². The lowest BCUT2D eigenvalue weighted by molar-refractivity contribution is -0.139. The minimum atomic E-state index is -0.0140. The second kappa shape index (κ2) is 7.19. The van der Waals surface area contributed by atoms with Crippen molar-refractivity contribution in [2.24, 2.45) is 17.1 Å². The molecule has 0 aromatic carbocycles. The standard InChI is InChI=1S/C12H24N2O2.ClH/c1-12(2,8-13)9-14(3)11(15)10-5-4-6-16-7-10;/h10H,4-9,13H2,1-3H3;1H. The molecule has 1 saturated heterocycles. The highest BCUT2D eigenvalue weighted by molar-refractivity contribution is 5.85. The van der Waals surface area contributed by atoms with Crippen molar-refractivity contribution in [3.05, 3.63) is 0 Å². The molecule has 1 rings (SSSR count). The predicted octanol–water partition coefficient (Wildman–Crippen LogP) is 1.28. The first-order valence-corrected chi connectivity index (χ1v) is 5.99. The Labute approximate surface area is 110 Å². The monoisotopic (exact) mass is 264 g/mol. The zero-order valence-corrected chi connectivity index (χ0v) is 11.9. The fraction of sp³-hybridized carbons (Fsp3) is 0.917. The molecule has 0 bridgehead atoms. The Balaban J connectivity index is 0.00000256. The molecule has 17 heavy (non-hydrogen) atoms. The molecule has 102 valence electrons. The van der Waals surface area contributed by atoms with Gasteiger partial charge in [-0.3, -0.25) is 4.79 Å². The molecule has 5 heteroatoms. The summed E-state index contributed by atoms with van der Waals surface area (Å²) in [6.07, 6.45) is 1.94. The zero-order valence-electron chi connectivity index (χ0n) is 11.1. The van der Waals surface area contributed by atoms with Crippen LogP contribution in [0, 0.1) is 11.3 Å². The van der Waals surface area contributed by atoms with Crippen LogP contribution >= 0.6 is 12.4 Å². The van der Waals surface area contributed by atoms with Crippen LogP contribution in [0.1, 0.15) is 26.7 Å². The van der Waals surface area contributed by atoms with Crippen LogP contribution in [0.25, 0.3) is 0 Å². The van der Waals surface area contributed by atoms with Crippen LogP contribution in [-0.2, 0) is 9.53 Å². The van der Waals surface area contributed by atoms with Crippen LogP contribution in [0.15, 0.2) is 0 Å². The Kier molecular flexibility index (Phi) is 7.05. The lowest BCUT2D eigenvalue weighted by Crippen LogP contribution is -2.43. The molecule has 2 N–H and O–H groups in total. The average Bonchev–Trinajstić information content (AvgIpc) is 2.28. The molecule has 1 atom stereocenters. The minimum absolute atomic E-state index is 0. The third-order valence-corrected chi connectivity index (χ3v) is 3.10. The lowest BCUT2D eigenvalue weighted by Gasteiger charge is -2.32. The number of carbonyl (C=O) groups excluding carboxylic acids is 1. The van der Waals surface area contributed by atoms with Crippen molar-refractivity contribution in [1.29, 1.82) is 0 Å². The van der Waals surface area contributed by atoms with E-state index in [-0.39, 0.29) is 29.6 Å². The summed E-state index contributed by atoms with van der Waals surface area (Å²) < 4.78 is 5.34. The number of halogens is 1. The molecule has 0 aliphatic carbocycles. The minimum Gasteiger partial charge on any atom is -0.381 e. The van der Waals surface area contributed by atoms with E-state index in [1.54, 1.807) is 4.90 Å². The second-order valence-corrected chi connectivity index (χ2v) is 5.48. The highest BCUT2D eigenvalue weighted by Gasteiger charge is 2.27. The first kappa shape index (κ1) is 16.7. The Morgan fingerprint density at radius 1 is 1.53 bits per heavy atom. The number of nitrogens with two attached hydrogens (primary N) is 1. The molecule has 0 radical (unpaired) electrons. The summed E-state index contributed by atoms with van der Waals surface area (Å²) in [6.45, 7) is 6.82. The van der Waals surface area contributed by atoms with Crippen molar-refractivity contribution in [3.8, 4) is 0 Å². The van der Waals surface area contributed by atoms with E-state index in [4.69, 9.17) is 10.5 Å². The predicted molar refractivity (Wildman–Crippen MR) is 71.3 cm³/mol. The Morgan fingerprint density at radius 2 is 2.18 bits per heavy atom. The Bertz CT molecular complexity index is 241. The molecular weight excluding hydrogens is 240 g/mol. The first-order chi connectivity index (χ1) is 7.46. The average molecular weight is 265 g/mol. The molecule has 1 unspecified atom stereocenters. The van der Waals surface area contributed by atoms with Crippen molar-refractivity contribution in [1.82, 2.24) is 4.90 Å². The molecule has 1 amide bonds. The third-order valence-electron chi connectivity index (χ3n) is 3.10. The fourth-order valence-electron chi connectivity index (χ4n) is 2.03. The van der Waals surface area contributed by atoms with E-state index in [1.165, 1.54) is 0 Å². The van der Waals surface area contributed by atoms with E-state index in [0.717, 1.165) is 19.4 Å². The van der Waals surface area contributed by atoms with Gasteiger partial charge in [-0.1, -0.05) is 13.8 Å². The Morgan fingerprint density at radius 3 is 2.65 bits per heavy atom. The van der Waals surface area contributed by atoms with Crippen molar-refractivity contribution >= 4 is 18.3 Å². The summed E-state index contributed by atoms with van der Waals surface area (Å²) in [4.78, 5) is 13.9. The van der Waals surface area contributed by atoms with Gasteiger partial charge >= 0.3 is 0 Å². The quantitative estimate of drug-likeness (QED) is 0.832. The first-order valence-electron chi connectivity index (χ1n) is 5.99. The SMILES string of the molecule is CN(CC(C)(C)CN)C(=O)C1CCCOC1.Cl. The molecule has 0 aromatic heterocycles. The van der Waals surface area contributed by atoms with Gasteiger partial charge in [0.25, 0.3) is 0 Å². The van der Waals surface area contributed by atoms with Gasteiger partial charge in [-0.2, -0.15) is 0 Å². The number of amides is 1.